The lowest BCUT2D eigenvalue weighted by Gasteiger charge is -2.05. The summed E-state index contributed by atoms with van der Waals surface area (Å²) in [4.78, 5) is 22.6. The van der Waals surface area contributed by atoms with Crippen LogP contribution in [0.3, 0.4) is 0 Å². The largest absolute Gasteiger partial charge is 0.545 e. The van der Waals surface area contributed by atoms with Crippen LogP contribution in [0.2, 0.25) is 0 Å². The van der Waals surface area contributed by atoms with E-state index in [0.717, 1.165) is 0 Å². The van der Waals surface area contributed by atoms with E-state index in [2.05, 4.69) is 10.5 Å². The molecule has 112 valence electrons. The summed E-state index contributed by atoms with van der Waals surface area (Å²) in [5.74, 6) is -1.54. The van der Waals surface area contributed by atoms with Crippen LogP contribution >= 0.6 is 0 Å². The standard InChI is InChI=1S/C15H13N3O4/c19-14(10-18-7-1-2-11(9-18)8-16-22)17-13-5-3-12(4-6-13)15(20)21/h1-9H,10H2,(H2-,17,19,20,21,22)/b16-8-. The van der Waals surface area contributed by atoms with Crippen LogP contribution in [0.15, 0.2) is 53.9 Å². The Morgan fingerprint density at radius 3 is 2.64 bits per heavy atom. The Labute approximate surface area is 126 Å². The van der Waals surface area contributed by atoms with Gasteiger partial charge in [-0.05, 0) is 23.8 Å². The smallest absolute Gasteiger partial charge is 0.290 e. The van der Waals surface area contributed by atoms with Crippen LogP contribution in [-0.2, 0) is 11.3 Å². The van der Waals surface area contributed by atoms with Crippen molar-refractivity contribution in [3.63, 3.8) is 0 Å². The van der Waals surface area contributed by atoms with Gasteiger partial charge >= 0.3 is 0 Å². The molecule has 0 radical (unpaired) electrons. The number of amides is 1. The maximum Gasteiger partial charge on any atom is 0.290 e. The molecule has 0 bridgehead atoms. The van der Waals surface area contributed by atoms with Crippen molar-refractivity contribution in [2.75, 3.05) is 5.32 Å². The number of hydrogen-bond acceptors (Lipinski definition) is 5. The second-order valence-electron chi connectivity index (χ2n) is 4.47. The average molecular weight is 299 g/mol. The Morgan fingerprint density at radius 2 is 2.00 bits per heavy atom. The Kier molecular flexibility index (Phi) is 4.81. The maximum absolute atomic E-state index is 11.9. The number of nitrogens with one attached hydrogen (secondary N) is 1. The second-order valence-corrected chi connectivity index (χ2v) is 4.47. The van der Waals surface area contributed by atoms with Crippen molar-refractivity contribution < 1.29 is 24.5 Å². The molecular formula is C15H13N3O4. The van der Waals surface area contributed by atoms with Crippen LogP contribution in [-0.4, -0.2) is 23.3 Å². The summed E-state index contributed by atoms with van der Waals surface area (Å²) in [7, 11) is 0. The zero-order valence-corrected chi connectivity index (χ0v) is 11.5. The van der Waals surface area contributed by atoms with Gasteiger partial charge in [0.1, 0.15) is 0 Å². The highest BCUT2D eigenvalue weighted by atomic mass is 16.4. The van der Waals surface area contributed by atoms with Crippen molar-refractivity contribution in [1.82, 2.24) is 0 Å². The Bertz CT molecular complexity index is 711. The van der Waals surface area contributed by atoms with E-state index in [9.17, 15) is 14.7 Å². The Hall–Kier alpha value is -3.22. The molecule has 0 fully saturated rings. The summed E-state index contributed by atoms with van der Waals surface area (Å²) in [5, 5.41) is 24.7. The molecule has 0 aliphatic rings. The topological polar surface area (TPSA) is 106 Å². The first kappa shape index (κ1) is 15.2. The minimum absolute atomic E-state index is 0.0448. The van der Waals surface area contributed by atoms with Crippen LogP contribution in [0.5, 0.6) is 0 Å². The number of carboxylic acids is 1. The van der Waals surface area contributed by atoms with Gasteiger partial charge in [-0.3, -0.25) is 4.79 Å². The molecule has 0 aliphatic carbocycles. The molecule has 0 atom stereocenters. The van der Waals surface area contributed by atoms with E-state index >= 15 is 0 Å². The number of carbonyl (C=O) groups excluding carboxylic acids is 2. The highest BCUT2D eigenvalue weighted by molar-refractivity contribution is 5.91. The molecular weight excluding hydrogens is 286 g/mol. The highest BCUT2D eigenvalue weighted by Gasteiger charge is 2.10. The van der Waals surface area contributed by atoms with Crippen molar-refractivity contribution in [1.29, 1.82) is 0 Å². The van der Waals surface area contributed by atoms with E-state index in [1.807, 2.05) is 0 Å². The van der Waals surface area contributed by atoms with Crippen molar-refractivity contribution >= 4 is 23.8 Å². The zero-order chi connectivity index (χ0) is 15.9. The van der Waals surface area contributed by atoms with Gasteiger partial charge in [-0.1, -0.05) is 17.3 Å². The number of oxime groups is 1. The van der Waals surface area contributed by atoms with E-state index in [1.165, 1.54) is 30.5 Å². The number of carbonyl (C=O) groups is 2. The lowest BCUT2D eigenvalue weighted by atomic mass is 10.2. The van der Waals surface area contributed by atoms with Gasteiger partial charge < -0.3 is 20.4 Å². The third kappa shape index (κ3) is 4.14. The number of hydrogen-bond donors (Lipinski definition) is 2. The van der Waals surface area contributed by atoms with Crippen LogP contribution in [0.4, 0.5) is 5.69 Å². The molecule has 2 N–H and O–H groups in total. The molecule has 1 aromatic carbocycles. The molecule has 2 rings (SSSR count). The number of carboxylic acid groups (broad SMARTS) is 1. The van der Waals surface area contributed by atoms with E-state index < -0.39 is 5.97 Å². The third-order valence-electron chi connectivity index (χ3n) is 2.82. The minimum Gasteiger partial charge on any atom is -0.545 e. The van der Waals surface area contributed by atoms with Crippen molar-refractivity contribution in [2.45, 2.75) is 6.54 Å². The number of aromatic nitrogens is 1. The first-order chi connectivity index (χ1) is 10.6. The van der Waals surface area contributed by atoms with E-state index in [1.54, 1.807) is 29.1 Å². The summed E-state index contributed by atoms with van der Waals surface area (Å²) >= 11 is 0. The van der Waals surface area contributed by atoms with Gasteiger partial charge in [-0.15, -0.1) is 0 Å². The van der Waals surface area contributed by atoms with Gasteiger partial charge in [-0.2, -0.15) is 4.57 Å². The first-order valence-corrected chi connectivity index (χ1v) is 6.36. The second kappa shape index (κ2) is 6.98. The quantitative estimate of drug-likeness (QED) is 0.345. The molecule has 0 unspecified atom stereocenters. The number of rotatable bonds is 5. The van der Waals surface area contributed by atoms with Crippen LogP contribution in [0.25, 0.3) is 0 Å². The van der Waals surface area contributed by atoms with Gasteiger partial charge in [0.2, 0.25) is 6.54 Å². The number of nitrogens with zero attached hydrogens (tertiary/aromatic N) is 2. The van der Waals surface area contributed by atoms with Crippen molar-refractivity contribution in [3.05, 3.63) is 59.9 Å². The van der Waals surface area contributed by atoms with Crippen LogP contribution in [0, 0.1) is 0 Å². The predicted octanol–water partition coefficient (Wildman–Crippen LogP) is -0.216. The van der Waals surface area contributed by atoms with Crippen LogP contribution < -0.4 is 15.0 Å². The van der Waals surface area contributed by atoms with Crippen molar-refractivity contribution in [2.24, 2.45) is 5.16 Å². The van der Waals surface area contributed by atoms with Crippen LogP contribution in [0.1, 0.15) is 15.9 Å². The molecule has 22 heavy (non-hydrogen) atoms. The predicted molar refractivity (Wildman–Crippen MR) is 75.4 cm³/mol. The average Bonchev–Trinajstić information content (AvgIpc) is 2.48. The lowest BCUT2D eigenvalue weighted by molar-refractivity contribution is -0.684. The van der Waals surface area contributed by atoms with E-state index in [0.29, 0.717) is 11.3 Å². The van der Waals surface area contributed by atoms with Gasteiger partial charge in [0.25, 0.3) is 5.91 Å². The molecule has 1 heterocycles. The molecule has 2 aromatic rings. The first-order valence-electron chi connectivity index (χ1n) is 6.36. The fourth-order valence-electron chi connectivity index (χ4n) is 1.84. The normalized spacial score (nSPS) is 10.5. The molecule has 0 saturated heterocycles. The van der Waals surface area contributed by atoms with Gasteiger partial charge in [-0.25, -0.2) is 0 Å². The number of aromatic carboxylic acids is 1. The molecule has 0 aliphatic heterocycles. The maximum atomic E-state index is 11.9. The molecule has 7 heteroatoms. The fourth-order valence-corrected chi connectivity index (χ4v) is 1.84. The van der Waals surface area contributed by atoms with Gasteiger partial charge in [0.05, 0.1) is 17.7 Å². The summed E-state index contributed by atoms with van der Waals surface area (Å²) in [6.07, 6.45) is 4.61. The SMILES string of the molecule is O=C(C[n+]1cccc(/C=N\O)c1)Nc1ccc(C(=O)[O-])cc1. The van der Waals surface area contributed by atoms with Gasteiger partial charge in [0.15, 0.2) is 12.4 Å². The zero-order valence-electron chi connectivity index (χ0n) is 11.5. The molecule has 0 spiro atoms. The summed E-state index contributed by atoms with van der Waals surface area (Å²) in [6, 6.07) is 9.14. The Morgan fingerprint density at radius 1 is 1.27 bits per heavy atom. The summed E-state index contributed by atoms with van der Waals surface area (Å²) in [6.45, 7) is 0.0648. The minimum atomic E-state index is -1.27. The molecule has 7 nitrogen and oxygen atoms in total. The van der Waals surface area contributed by atoms with Gasteiger partial charge in [0, 0.05) is 11.8 Å². The number of benzene rings is 1. The number of pyridine rings is 1. The summed E-state index contributed by atoms with van der Waals surface area (Å²) < 4.78 is 1.63. The highest BCUT2D eigenvalue weighted by Crippen LogP contribution is 2.08. The summed E-state index contributed by atoms with van der Waals surface area (Å²) in [5.41, 5.74) is 1.18. The molecule has 0 saturated carbocycles. The van der Waals surface area contributed by atoms with Crippen molar-refractivity contribution in [3.8, 4) is 0 Å². The monoisotopic (exact) mass is 299 g/mol. The lowest BCUT2D eigenvalue weighted by Crippen LogP contribution is -2.40. The van der Waals surface area contributed by atoms with E-state index in [4.69, 9.17) is 5.21 Å². The Balaban J connectivity index is 2.00. The molecule has 1 aromatic heterocycles. The number of anilines is 1. The molecule has 1 amide bonds. The fraction of sp³-hybridized carbons (Fsp3) is 0.0667. The van der Waals surface area contributed by atoms with E-state index in [-0.39, 0.29) is 18.0 Å². The third-order valence-corrected chi connectivity index (χ3v) is 2.82.